The lowest BCUT2D eigenvalue weighted by Gasteiger charge is -2.01. The average molecular weight is 221 g/mol. The van der Waals surface area contributed by atoms with Gasteiger partial charge in [-0.15, -0.1) is 11.3 Å². The van der Waals surface area contributed by atoms with Crippen molar-refractivity contribution >= 4 is 17.2 Å². The maximum absolute atomic E-state index is 11.7. The fraction of sp³-hybridized carbons (Fsp3) is 0.417. The van der Waals surface area contributed by atoms with Crippen molar-refractivity contribution in [3.63, 3.8) is 0 Å². The van der Waals surface area contributed by atoms with E-state index < -0.39 is 0 Å². The molecule has 15 heavy (non-hydrogen) atoms. The van der Waals surface area contributed by atoms with Crippen LogP contribution in [0.3, 0.4) is 0 Å². The van der Waals surface area contributed by atoms with Crippen LogP contribution in [0, 0.1) is 0 Å². The predicted octanol–water partition coefficient (Wildman–Crippen LogP) is 2.54. The van der Waals surface area contributed by atoms with E-state index in [0.29, 0.717) is 6.54 Å². The molecule has 0 spiro atoms. The summed E-state index contributed by atoms with van der Waals surface area (Å²) in [7, 11) is 0. The van der Waals surface area contributed by atoms with E-state index in [1.807, 2.05) is 13.0 Å². The smallest absolute Gasteiger partial charge is 0.261 e. The summed E-state index contributed by atoms with van der Waals surface area (Å²) < 4.78 is 0. The highest BCUT2D eigenvalue weighted by atomic mass is 32.1. The second-order valence-electron chi connectivity index (χ2n) is 4.05. The average Bonchev–Trinajstić information content (AvgIpc) is 2.72. The Bertz CT molecular complexity index is 384. The van der Waals surface area contributed by atoms with Crippen LogP contribution in [0.4, 0.5) is 0 Å². The van der Waals surface area contributed by atoms with Gasteiger partial charge in [0.05, 0.1) is 4.88 Å². The quantitative estimate of drug-likeness (QED) is 0.781. The molecule has 0 atom stereocenters. The standard InChI is InChI=1S/C12H15NOS/c1-8(2)7-13-12(14)11-6-9-4-3-5-10(9)15-11/h6H,1,3-5,7H2,2H3,(H,13,14). The van der Waals surface area contributed by atoms with Crippen molar-refractivity contribution in [2.24, 2.45) is 0 Å². The highest BCUT2D eigenvalue weighted by molar-refractivity contribution is 7.14. The molecule has 0 aliphatic heterocycles. The largest absolute Gasteiger partial charge is 0.348 e. The fourth-order valence-corrected chi connectivity index (χ4v) is 2.93. The van der Waals surface area contributed by atoms with Crippen LogP contribution in [0.15, 0.2) is 18.2 Å². The third kappa shape index (κ3) is 2.29. The summed E-state index contributed by atoms with van der Waals surface area (Å²) in [5.74, 6) is 0.0393. The molecule has 0 bridgehead atoms. The van der Waals surface area contributed by atoms with Crippen molar-refractivity contribution in [2.75, 3.05) is 6.54 Å². The number of rotatable bonds is 3. The summed E-state index contributed by atoms with van der Waals surface area (Å²) in [5.41, 5.74) is 2.35. The van der Waals surface area contributed by atoms with Gasteiger partial charge in [0.1, 0.15) is 0 Å². The van der Waals surface area contributed by atoms with E-state index in [1.54, 1.807) is 11.3 Å². The molecule has 80 valence electrons. The summed E-state index contributed by atoms with van der Waals surface area (Å²) in [6, 6.07) is 2.04. The van der Waals surface area contributed by atoms with Gasteiger partial charge in [-0.25, -0.2) is 0 Å². The number of thiophene rings is 1. The molecular weight excluding hydrogens is 206 g/mol. The summed E-state index contributed by atoms with van der Waals surface area (Å²) in [5, 5.41) is 2.86. The second kappa shape index (κ2) is 4.19. The van der Waals surface area contributed by atoms with Gasteiger partial charge >= 0.3 is 0 Å². The normalized spacial score (nSPS) is 13.7. The number of fused-ring (bicyclic) bond motifs is 1. The maximum atomic E-state index is 11.7. The van der Waals surface area contributed by atoms with Gasteiger partial charge in [-0.2, -0.15) is 0 Å². The molecule has 1 N–H and O–H groups in total. The molecule has 0 saturated heterocycles. The third-order valence-corrected chi connectivity index (χ3v) is 3.76. The molecule has 0 saturated carbocycles. The van der Waals surface area contributed by atoms with E-state index in [1.165, 1.54) is 16.9 Å². The van der Waals surface area contributed by atoms with E-state index in [0.717, 1.165) is 23.3 Å². The van der Waals surface area contributed by atoms with Crippen LogP contribution in [0.5, 0.6) is 0 Å². The summed E-state index contributed by atoms with van der Waals surface area (Å²) in [6.07, 6.45) is 3.53. The first-order valence-corrected chi connectivity index (χ1v) is 6.02. The van der Waals surface area contributed by atoms with E-state index in [4.69, 9.17) is 0 Å². The Labute approximate surface area is 94.0 Å². The molecule has 1 aliphatic carbocycles. The lowest BCUT2D eigenvalue weighted by atomic mass is 10.2. The van der Waals surface area contributed by atoms with Crippen LogP contribution in [-0.4, -0.2) is 12.5 Å². The summed E-state index contributed by atoms with van der Waals surface area (Å²) in [6.45, 7) is 6.24. The SMILES string of the molecule is C=C(C)CNC(=O)c1cc2c(s1)CCC2. The number of carbonyl (C=O) groups excluding carboxylic acids is 1. The van der Waals surface area contributed by atoms with E-state index >= 15 is 0 Å². The van der Waals surface area contributed by atoms with Gasteiger partial charge in [-0.1, -0.05) is 12.2 Å². The zero-order valence-electron chi connectivity index (χ0n) is 8.93. The van der Waals surface area contributed by atoms with E-state index in [9.17, 15) is 4.79 Å². The molecule has 2 nitrogen and oxygen atoms in total. The Morgan fingerprint density at radius 2 is 2.40 bits per heavy atom. The zero-order chi connectivity index (χ0) is 10.8. The number of hydrogen-bond acceptors (Lipinski definition) is 2. The Hall–Kier alpha value is -1.09. The van der Waals surface area contributed by atoms with Gasteiger partial charge in [-0.05, 0) is 37.8 Å². The van der Waals surface area contributed by atoms with Gasteiger partial charge in [-0.3, -0.25) is 4.79 Å². The highest BCUT2D eigenvalue weighted by Crippen LogP contribution is 2.30. The molecule has 0 unspecified atom stereocenters. The zero-order valence-corrected chi connectivity index (χ0v) is 9.75. The van der Waals surface area contributed by atoms with Gasteiger partial charge in [0, 0.05) is 11.4 Å². The Kier molecular flexibility index (Phi) is 2.91. The monoisotopic (exact) mass is 221 g/mol. The van der Waals surface area contributed by atoms with Crippen molar-refractivity contribution in [1.82, 2.24) is 5.32 Å². The molecule has 0 aromatic carbocycles. The molecule has 1 aliphatic rings. The van der Waals surface area contributed by atoms with Gasteiger partial charge in [0.25, 0.3) is 5.91 Å². The number of amides is 1. The van der Waals surface area contributed by atoms with Crippen LogP contribution in [0.2, 0.25) is 0 Å². The van der Waals surface area contributed by atoms with Gasteiger partial charge in [0.2, 0.25) is 0 Å². The Morgan fingerprint density at radius 3 is 3.07 bits per heavy atom. The van der Waals surface area contributed by atoms with Crippen molar-refractivity contribution in [3.05, 3.63) is 33.5 Å². The summed E-state index contributed by atoms with van der Waals surface area (Å²) in [4.78, 5) is 14.0. The number of nitrogens with one attached hydrogen (secondary N) is 1. The molecular formula is C12H15NOS. The van der Waals surface area contributed by atoms with Gasteiger partial charge in [0.15, 0.2) is 0 Å². The topological polar surface area (TPSA) is 29.1 Å². The Balaban J connectivity index is 2.03. The molecule has 1 heterocycles. The molecule has 1 aromatic rings. The minimum absolute atomic E-state index is 0.0393. The minimum Gasteiger partial charge on any atom is -0.348 e. The molecule has 2 rings (SSSR count). The van der Waals surface area contributed by atoms with Crippen LogP contribution >= 0.6 is 11.3 Å². The number of aryl methyl sites for hydroxylation is 2. The fourth-order valence-electron chi connectivity index (χ4n) is 1.76. The lowest BCUT2D eigenvalue weighted by Crippen LogP contribution is -2.23. The first-order chi connectivity index (χ1) is 7.16. The third-order valence-electron chi connectivity index (χ3n) is 2.52. The van der Waals surface area contributed by atoms with Crippen LogP contribution in [0.1, 0.15) is 33.5 Å². The highest BCUT2D eigenvalue weighted by Gasteiger charge is 2.17. The second-order valence-corrected chi connectivity index (χ2v) is 5.19. The first kappa shape index (κ1) is 10.4. The maximum Gasteiger partial charge on any atom is 0.261 e. The minimum atomic E-state index is 0.0393. The molecule has 0 fully saturated rings. The molecule has 1 aromatic heterocycles. The Morgan fingerprint density at radius 1 is 1.60 bits per heavy atom. The number of hydrogen-bond donors (Lipinski definition) is 1. The predicted molar refractivity (Wildman–Crippen MR) is 63.5 cm³/mol. The molecule has 0 radical (unpaired) electrons. The molecule has 3 heteroatoms. The van der Waals surface area contributed by atoms with Crippen molar-refractivity contribution in [3.8, 4) is 0 Å². The summed E-state index contributed by atoms with van der Waals surface area (Å²) >= 11 is 1.64. The van der Waals surface area contributed by atoms with Crippen molar-refractivity contribution in [1.29, 1.82) is 0 Å². The number of carbonyl (C=O) groups is 1. The lowest BCUT2D eigenvalue weighted by molar-refractivity contribution is 0.0961. The molecule has 1 amide bonds. The van der Waals surface area contributed by atoms with Crippen molar-refractivity contribution < 1.29 is 4.79 Å². The van der Waals surface area contributed by atoms with Crippen molar-refractivity contribution in [2.45, 2.75) is 26.2 Å². The van der Waals surface area contributed by atoms with E-state index in [2.05, 4.69) is 11.9 Å². The van der Waals surface area contributed by atoms with Crippen LogP contribution < -0.4 is 5.32 Å². The van der Waals surface area contributed by atoms with Gasteiger partial charge < -0.3 is 5.32 Å². The van der Waals surface area contributed by atoms with E-state index in [-0.39, 0.29) is 5.91 Å². The first-order valence-electron chi connectivity index (χ1n) is 5.21. The van der Waals surface area contributed by atoms with Crippen LogP contribution in [0.25, 0.3) is 0 Å². The van der Waals surface area contributed by atoms with Crippen LogP contribution in [-0.2, 0) is 12.8 Å².